The van der Waals surface area contributed by atoms with Crippen LogP contribution in [0.3, 0.4) is 0 Å². The summed E-state index contributed by atoms with van der Waals surface area (Å²) in [5.41, 5.74) is -0.202. The molecule has 2 heterocycles. The molecule has 16 heavy (non-hydrogen) atoms. The average molecular weight is 248 g/mol. The number of esters is 1. The fourth-order valence-corrected chi connectivity index (χ4v) is 4.48. The average Bonchev–Trinajstić information content (AvgIpc) is 2.73. The van der Waals surface area contributed by atoms with Crippen molar-refractivity contribution in [1.82, 2.24) is 9.62 Å². The van der Waals surface area contributed by atoms with E-state index in [1.807, 2.05) is 0 Å². The maximum Gasteiger partial charge on any atom is 0.321 e. The molecule has 0 bridgehead atoms. The van der Waals surface area contributed by atoms with E-state index in [1.54, 1.807) is 0 Å². The Morgan fingerprint density at radius 3 is 2.88 bits per heavy atom. The summed E-state index contributed by atoms with van der Waals surface area (Å²) < 4.78 is 29.5. The number of rotatable bonds is 2. The van der Waals surface area contributed by atoms with Crippen LogP contribution >= 0.6 is 0 Å². The standard InChI is InChI=1S/C9H16N2O4S/c1-15-8(12)4-11-6-9(2-3-10-5-9)7-16(11,13)14/h10H,2-7H2,1H3. The van der Waals surface area contributed by atoms with Crippen LogP contribution in [0.25, 0.3) is 0 Å². The number of sulfonamides is 1. The second-order valence-electron chi connectivity index (χ2n) is 4.53. The maximum atomic E-state index is 11.9. The highest BCUT2D eigenvalue weighted by Crippen LogP contribution is 2.36. The molecule has 2 aliphatic heterocycles. The van der Waals surface area contributed by atoms with Crippen molar-refractivity contribution < 1.29 is 17.9 Å². The fraction of sp³-hybridized carbons (Fsp3) is 0.889. The molecule has 0 saturated carbocycles. The van der Waals surface area contributed by atoms with Crippen molar-refractivity contribution in [1.29, 1.82) is 0 Å². The van der Waals surface area contributed by atoms with Crippen molar-refractivity contribution in [3.63, 3.8) is 0 Å². The predicted molar refractivity (Wildman–Crippen MR) is 57.3 cm³/mol. The van der Waals surface area contributed by atoms with E-state index in [2.05, 4.69) is 10.1 Å². The van der Waals surface area contributed by atoms with E-state index in [0.717, 1.165) is 13.0 Å². The molecule has 2 aliphatic rings. The van der Waals surface area contributed by atoms with Gasteiger partial charge < -0.3 is 10.1 Å². The highest BCUT2D eigenvalue weighted by Gasteiger charge is 2.49. The number of ether oxygens (including phenoxy) is 1. The van der Waals surface area contributed by atoms with Crippen LogP contribution in [0.1, 0.15) is 6.42 Å². The number of hydrogen-bond donors (Lipinski definition) is 1. The molecule has 0 radical (unpaired) electrons. The molecule has 1 atom stereocenters. The largest absolute Gasteiger partial charge is 0.468 e. The van der Waals surface area contributed by atoms with Crippen LogP contribution in [0, 0.1) is 5.41 Å². The highest BCUT2D eigenvalue weighted by molar-refractivity contribution is 7.89. The number of carbonyl (C=O) groups is 1. The number of carbonyl (C=O) groups excluding carboxylic acids is 1. The van der Waals surface area contributed by atoms with Crippen molar-refractivity contribution in [3.05, 3.63) is 0 Å². The smallest absolute Gasteiger partial charge is 0.321 e. The van der Waals surface area contributed by atoms with Crippen molar-refractivity contribution >= 4 is 16.0 Å². The Labute approximate surface area is 95.0 Å². The first-order valence-corrected chi connectivity index (χ1v) is 6.84. The van der Waals surface area contributed by atoms with E-state index in [4.69, 9.17) is 0 Å². The molecule has 0 aromatic carbocycles. The molecule has 0 aromatic heterocycles. The van der Waals surface area contributed by atoms with Gasteiger partial charge in [-0.3, -0.25) is 4.79 Å². The maximum absolute atomic E-state index is 11.9. The Bertz CT molecular complexity index is 386. The van der Waals surface area contributed by atoms with Crippen LogP contribution < -0.4 is 5.32 Å². The number of nitrogens with one attached hydrogen (secondary N) is 1. The molecule has 2 fully saturated rings. The van der Waals surface area contributed by atoms with E-state index in [9.17, 15) is 13.2 Å². The predicted octanol–water partition coefficient (Wildman–Crippen LogP) is -1.22. The second kappa shape index (κ2) is 3.97. The topological polar surface area (TPSA) is 75.7 Å². The van der Waals surface area contributed by atoms with E-state index < -0.39 is 16.0 Å². The molecule has 2 rings (SSSR count). The molecule has 0 aromatic rings. The van der Waals surface area contributed by atoms with Crippen LogP contribution in [0.5, 0.6) is 0 Å². The van der Waals surface area contributed by atoms with Crippen LogP contribution in [0.2, 0.25) is 0 Å². The molecule has 7 heteroatoms. The Hall–Kier alpha value is -0.660. The van der Waals surface area contributed by atoms with Crippen molar-refractivity contribution in [2.45, 2.75) is 6.42 Å². The van der Waals surface area contributed by atoms with Crippen LogP contribution in [-0.2, 0) is 19.6 Å². The summed E-state index contributed by atoms with van der Waals surface area (Å²) in [6, 6.07) is 0. The van der Waals surface area contributed by atoms with E-state index >= 15 is 0 Å². The van der Waals surface area contributed by atoms with Crippen LogP contribution in [0.4, 0.5) is 0 Å². The molecule has 92 valence electrons. The summed E-state index contributed by atoms with van der Waals surface area (Å²) in [5, 5.41) is 3.17. The molecular formula is C9H16N2O4S. The second-order valence-corrected chi connectivity index (χ2v) is 6.50. The summed E-state index contributed by atoms with van der Waals surface area (Å²) in [7, 11) is -2.03. The Balaban J connectivity index is 2.12. The van der Waals surface area contributed by atoms with Crippen molar-refractivity contribution in [2.75, 3.05) is 39.0 Å². The fourth-order valence-electron chi connectivity index (χ4n) is 2.41. The SMILES string of the molecule is COC(=O)CN1CC2(CCNC2)CS1(=O)=O. The summed E-state index contributed by atoms with van der Waals surface area (Å²) in [5.74, 6) is -0.365. The van der Waals surface area contributed by atoms with Crippen molar-refractivity contribution in [3.8, 4) is 0 Å². The number of hydrogen-bond acceptors (Lipinski definition) is 5. The first kappa shape index (κ1) is 11.8. The van der Waals surface area contributed by atoms with E-state index in [0.29, 0.717) is 13.1 Å². The first-order valence-electron chi connectivity index (χ1n) is 5.23. The summed E-state index contributed by atoms with van der Waals surface area (Å²) in [6.07, 6.45) is 0.851. The van der Waals surface area contributed by atoms with Gasteiger partial charge in [-0.25, -0.2) is 8.42 Å². The molecule has 2 saturated heterocycles. The van der Waals surface area contributed by atoms with Gasteiger partial charge in [0.15, 0.2) is 0 Å². The summed E-state index contributed by atoms with van der Waals surface area (Å²) >= 11 is 0. The van der Waals surface area contributed by atoms with Crippen LogP contribution in [-0.4, -0.2) is 57.7 Å². The normalized spacial score (nSPS) is 33.3. The zero-order valence-corrected chi connectivity index (χ0v) is 10.0. The number of methoxy groups -OCH3 is 1. The van der Waals surface area contributed by atoms with Crippen molar-refractivity contribution in [2.24, 2.45) is 5.41 Å². The monoisotopic (exact) mass is 248 g/mol. The first-order chi connectivity index (χ1) is 7.47. The molecular weight excluding hydrogens is 232 g/mol. The molecule has 1 N–H and O–H groups in total. The quantitative estimate of drug-likeness (QED) is 0.620. The minimum absolute atomic E-state index is 0.143. The van der Waals surface area contributed by atoms with E-state index in [-0.39, 0.29) is 17.7 Å². The minimum atomic E-state index is -3.29. The van der Waals surface area contributed by atoms with Gasteiger partial charge in [-0.15, -0.1) is 0 Å². The Morgan fingerprint density at radius 2 is 2.31 bits per heavy atom. The molecule has 0 amide bonds. The zero-order chi connectivity index (χ0) is 11.8. The van der Waals surface area contributed by atoms with Crippen LogP contribution in [0.15, 0.2) is 0 Å². The van der Waals surface area contributed by atoms with Gasteiger partial charge in [-0.2, -0.15) is 4.31 Å². The molecule has 1 unspecified atom stereocenters. The third kappa shape index (κ3) is 2.07. The Kier molecular flexibility index (Phi) is 2.93. The van der Waals surface area contributed by atoms with Gasteiger partial charge in [0.25, 0.3) is 0 Å². The lowest BCUT2D eigenvalue weighted by molar-refractivity contribution is -0.140. The van der Waals surface area contributed by atoms with Gasteiger partial charge in [0, 0.05) is 18.5 Å². The van der Waals surface area contributed by atoms with Gasteiger partial charge in [0.05, 0.1) is 12.9 Å². The van der Waals surface area contributed by atoms with Gasteiger partial charge in [0.2, 0.25) is 10.0 Å². The molecule has 1 spiro atoms. The summed E-state index contributed by atoms with van der Waals surface area (Å²) in [4.78, 5) is 11.1. The number of nitrogens with zero attached hydrogens (tertiary/aromatic N) is 1. The molecule has 6 nitrogen and oxygen atoms in total. The Morgan fingerprint density at radius 1 is 1.56 bits per heavy atom. The third-order valence-electron chi connectivity index (χ3n) is 3.26. The minimum Gasteiger partial charge on any atom is -0.468 e. The van der Waals surface area contributed by atoms with Gasteiger partial charge in [-0.05, 0) is 13.0 Å². The highest BCUT2D eigenvalue weighted by atomic mass is 32.2. The van der Waals surface area contributed by atoms with Gasteiger partial charge >= 0.3 is 5.97 Å². The zero-order valence-electron chi connectivity index (χ0n) is 9.23. The lowest BCUT2D eigenvalue weighted by atomic mass is 9.90. The van der Waals surface area contributed by atoms with Gasteiger partial charge in [-0.1, -0.05) is 0 Å². The summed E-state index contributed by atoms with van der Waals surface area (Å²) in [6.45, 7) is 1.82. The molecule has 0 aliphatic carbocycles. The lowest BCUT2D eigenvalue weighted by Gasteiger charge is -2.19. The van der Waals surface area contributed by atoms with Gasteiger partial charge in [0.1, 0.15) is 6.54 Å². The third-order valence-corrected chi connectivity index (χ3v) is 5.28. The lowest BCUT2D eigenvalue weighted by Crippen LogP contribution is -2.34. The van der Waals surface area contributed by atoms with E-state index in [1.165, 1.54) is 11.4 Å².